The fourth-order valence-corrected chi connectivity index (χ4v) is 4.21. The average molecular weight is 444 g/mol. The van der Waals surface area contributed by atoms with Crippen LogP contribution in [-0.2, 0) is 4.79 Å². The standard InChI is InChI=1S/C26H25N3O2S/c30-24(13-5-2-8-16-27-25(31)20-10-3-1-4-11-20)29-26-28-23(18-32-26)22-15-14-19-9-6-7-12-21(19)17-22/h1,3-4,6-7,9-12,14-15,17-18H,2,5,8,13,16H2,(H,27,31)(H,28,29,30). The quantitative estimate of drug-likeness (QED) is 0.317. The van der Waals surface area contributed by atoms with Crippen molar-refractivity contribution in [2.75, 3.05) is 11.9 Å². The van der Waals surface area contributed by atoms with Crippen LogP contribution in [0.2, 0.25) is 0 Å². The molecule has 0 bridgehead atoms. The molecule has 0 fully saturated rings. The summed E-state index contributed by atoms with van der Waals surface area (Å²) >= 11 is 1.44. The van der Waals surface area contributed by atoms with Gasteiger partial charge in [-0.1, -0.05) is 61.0 Å². The first-order valence-electron chi connectivity index (χ1n) is 10.8. The number of benzene rings is 3. The van der Waals surface area contributed by atoms with Crippen LogP contribution in [0.1, 0.15) is 36.0 Å². The number of amides is 2. The number of hydrogen-bond acceptors (Lipinski definition) is 4. The lowest BCUT2D eigenvalue weighted by molar-refractivity contribution is -0.116. The van der Waals surface area contributed by atoms with Crippen molar-refractivity contribution in [3.05, 3.63) is 83.7 Å². The molecule has 2 N–H and O–H groups in total. The first kappa shape index (κ1) is 21.7. The third kappa shape index (κ3) is 5.80. The highest BCUT2D eigenvalue weighted by Gasteiger charge is 2.09. The molecule has 32 heavy (non-hydrogen) atoms. The van der Waals surface area contributed by atoms with E-state index in [0.29, 0.717) is 23.7 Å². The van der Waals surface area contributed by atoms with E-state index in [0.717, 1.165) is 30.5 Å². The van der Waals surface area contributed by atoms with E-state index < -0.39 is 0 Å². The van der Waals surface area contributed by atoms with Gasteiger partial charge in [-0.3, -0.25) is 9.59 Å². The van der Waals surface area contributed by atoms with Crippen molar-refractivity contribution < 1.29 is 9.59 Å². The van der Waals surface area contributed by atoms with Crippen molar-refractivity contribution in [3.63, 3.8) is 0 Å². The topological polar surface area (TPSA) is 71.1 Å². The monoisotopic (exact) mass is 443 g/mol. The number of fused-ring (bicyclic) bond motifs is 1. The minimum atomic E-state index is -0.0608. The predicted octanol–water partition coefficient (Wildman–Crippen LogP) is 5.89. The zero-order chi connectivity index (χ0) is 22.2. The van der Waals surface area contributed by atoms with E-state index in [2.05, 4.69) is 45.9 Å². The van der Waals surface area contributed by atoms with Crippen LogP contribution < -0.4 is 10.6 Å². The Bertz CT molecular complexity index is 1200. The van der Waals surface area contributed by atoms with E-state index in [1.807, 2.05) is 35.7 Å². The number of anilines is 1. The number of unbranched alkanes of at least 4 members (excludes halogenated alkanes) is 2. The molecule has 0 aliphatic heterocycles. The summed E-state index contributed by atoms with van der Waals surface area (Å²) in [5, 5.41) is 10.8. The van der Waals surface area contributed by atoms with Crippen molar-refractivity contribution in [2.45, 2.75) is 25.7 Å². The number of nitrogens with one attached hydrogen (secondary N) is 2. The molecule has 0 saturated heterocycles. The maximum Gasteiger partial charge on any atom is 0.251 e. The Balaban J connectivity index is 1.18. The van der Waals surface area contributed by atoms with Gasteiger partial charge >= 0.3 is 0 Å². The normalized spacial score (nSPS) is 10.8. The lowest BCUT2D eigenvalue weighted by Gasteiger charge is -2.05. The molecule has 0 aliphatic rings. The summed E-state index contributed by atoms with van der Waals surface area (Å²) in [6.07, 6.45) is 2.94. The van der Waals surface area contributed by atoms with Gasteiger partial charge in [0.1, 0.15) is 0 Å². The Kier molecular flexibility index (Phi) is 7.25. The van der Waals surface area contributed by atoms with Crippen molar-refractivity contribution in [2.24, 2.45) is 0 Å². The number of carbonyl (C=O) groups excluding carboxylic acids is 2. The molecule has 0 saturated carbocycles. The third-order valence-corrected chi connectivity index (χ3v) is 5.96. The molecule has 1 aromatic heterocycles. The second-order valence-corrected chi connectivity index (χ2v) is 8.44. The van der Waals surface area contributed by atoms with Crippen molar-refractivity contribution >= 4 is 39.1 Å². The molecule has 5 nitrogen and oxygen atoms in total. The highest BCUT2D eigenvalue weighted by molar-refractivity contribution is 7.14. The lowest BCUT2D eigenvalue weighted by Crippen LogP contribution is -2.24. The maximum atomic E-state index is 12.2. The number of nitrogens with zero attached hydrogens (tertiary/aromatic N) is 1. The molecule has 0 aliphatic carbocycles. The Morgan fingerprint density at radius 2 is 1.62 bits per heavy atom. The van der Waals surface area contributed by atoms with Gasteiger partial charge in [0.15, 0.2) is 5.13 Å². The van der Waals surface area contributed by atoms with Crippen molar-refractivity contribution in [3.8, 4) is 11.3 Å². The molecule has 0 atom stereocenters. The lowest BCUT2D eigenvalue weighted by atomic mass is 10.1. The molecule has 1 heterocycles. The predicted molar refractivity (Wildman–Crippen MR) is 131 cm³/mol. The second-order valence-electron chi connectivity index (χ2n) is 7.58. The van der Waals surface area contributed by atoms with E-state index in [1.165, 1.54) is 22.1 Å². The average Bonchev–Trinajstić information content (AvgIpc) is 3.29. The zero-order valence-corrected chi connectivity index (χ0v) is 18.5. The van der Waals surface area contributed by atoms with Gasteiger partial charge in [-0.2, -0.15) is 0 Å². The van der Waals surface area contributed by atoms with E-state index in [1.54, 1.807) is 12.1 Å². The minimum Gasteiger partial charge on any atom is -0.352 e. The van der Waals surface area contributed by atoms with E-state index in [-0.39, 0.29) is 11.8 Å². The molecule has 0 unspecified atom stereocenters. The molecule has 2 amide bonds. The van der Waals surface area contributed by atoms with Crippen LogP contribution in [0.15, 0.2) is 78.2 Å². The molecular weight excluding hydrogens is 418 g/mol. The van der Waals surface area contributed by atoms with Gasteiger partial charge < -0.3 is 10.6 Å². The van der Waals surface area contributed by atoms with Crippen molar-refractivity contribution in [1.82, 2.24) is 10.3 Å². The fourth-order valence-electron chi connectivity index (χ4n) is 3.47. The second kappa shape index (κ2) is 10.7. The third-order valence-electron chi connectivity index (χ3n) is 5.20. The molecular formula is C26H25N3O2S. The van der Waals surface area contributed by atoms with Crippen LogP contribution in [0, 0.1) is 0 Å². The molecule has 162 valence electrons. The van der Waals surface area contributed by atoms with Gasteiger partial charge in [-0.15, -0.1) is 11.3 Å². The van der Waals surface area contributed by atoms with E-state index in [9.17, 15) is 9.59 Å². The summed E-state index contributed by atoms with van der Waals surface area (Å²) in [5.74, 6) is -0.0907. The van der Waals surface area contributed by atoms with Crippen molar-refractivity contribution in [1.29, 1.82) is 0 Å². The summed E-state index contributed by atoms with van der Waals surface area (Å²) in [6, 6.07) is 23.7. The van der Waals surface area contributed by atoms with Crippen LogP contribution in [0.4, 0.5) is 5.13 Å². The number of aromatic nitrogens is 1. The number of carbonyl (C=O) groups is 2. The van der Waals surface area contributed by atoms with Gasteiger partial charge in [0.25, 0.3) is 5.91 Å². The van der Waals surface area contributed by atoms with Gasteiger partial charge in [0.05, 0.1) is 5.69 Å². The zero-order valence-electron chi connectivity index (χ0n) is 17.7. The first-order chi connectivity index (χ1) is 15.7. The van der Waals surface area contributed by atoms with Crippen LogP contribution in [0.3, 0.4) is 0 Å². The van der Waals surface area contributed by atoms with E-state index >= 15 is 0 Å². The molecule has 0 spiro atoms. The van der Waals surface area contributed by atoms with Crippen LogP contribution in [-0.4, -0.2) is 23.3 Å². The Morgan fingerprint density at radius 1 is 0.844 bits per heavy atom. The molecule has 4 rings (SSSR count). The summed E-state index contributed by atoms with van der Waals surface area (Å²) < 4.78 is 0. The number of hydrogen-bond donors (Lipinski definition) is 2. The number of rotatable bonds is 9. The van der Waals surface area contributed by atoms with Gasteiger partial charge in [-0.05, 0) is 41.8 Å². The smallest absolute Gasteiger partial charge is 0.251 e. The fraction of sp³-hybridized carbons (Fsp3) is 0.192. The molecule has 0 radical (unpaired) electrons. The summed E-state index contributed by atoms with van der Waals surface area (Å²) in [6.45, 7) is 0.608. The summed E-state index contributed by atoms with van der Waals surface area (Å²) in [4.78, 5) is 28.8. The largest absolute Gasteiger partial charge is 0.352 e. The van der Waals surface area contributed by atoms with Crippen LogP contribution in [0.25, 0.3) is 22.0 Å². The summed E-state index contributed by atoms with van der Waals surface area (Å²) in [7, 11) is 0. The van der Waals surface area contributed by atoms with Gasteiger partial charge in [0, 0.05) is 29.5 Å². The number of thiazole rings is 1. The highest BCUT2D eigenvalue weighted by atomic mass is 32.1. The maximum absolute atomic E-state index is 12.2. The Hall–Kier alpha value is -3.51. The first-order valence-corrected chi connectivity index (χ1v) is 11.6. The Labute approximate surface area is 191 Å². The highest BCUT2D eigenvalue weighted by Crippen LogP contribution is 2.27. The Morgan fingerprint density at radius 3 is 2.47 bits per heavy atom. The minimum absolute atomic E-state index is 0.0299. The van der Waals surface area contributed by atoms with Crippen LogP contribution in [0.5, 0.6) is 0 Å². The molecule has 4 aromatic rings. The molecule has 3 aromatic carbocycles. The molecule has 6 heteroatoms. The van der Waals surface area contributed by atoms with Gasteiger partial charge in [-0.25, -0.2) is 4.98 Å². The van der Waals surface area contributed by atoms with E-state index in [4.69, 9.17) is 0 Å². The summed E-state index contributed by atoms with van der Waals surface area (Å²) in [5.41, 5.74) is 2.57. The SMILES string of the molecule is O=C(CCCCCNC(=O)c1ccccc1)Nc1nc(-c2ccc3ccccc3c2)cs1. The van der Waals surface area contributed by atoms with Crippen LogP contribution >= 0.6 is 11.3 Å². The van der Waals surface area contributed by atoms with Gasteiger partial charge in [0.2, 0.25) is 5.91 Å².